The van der Waals surface area contributed by atoms with E-state index < -0.39 is 22.0 Å². The standard InChI is InChI=1S/C16H18N2O4S/c1-11-9-13(16(19)22-3)6-7-15(11)23(20,21)18-12(2)14-5-4-8-17-10-14/h4-10,12,18H,1-3H3. The number of methoxy groups -OCH3 is 1. The predicted molar refractivity (Wildman–Crippen MR) is 85.5 cm³/mol. The first kappa shape index (κ1) is 17.1. The van der Waals surface area contributed by atoms with Gasteiger partial charge < -0.3 is 4.74 Å². The first-order chi connectivity index (χ1) is 10.8. The summed E-state index contributed by atoms with van der Waals surface area (Å²) in [5, 5.41) is 0. The van der Waals surface area contributed by atoms with Crippen molar-refractivity contribution in [3.05, 3.63) is 59.4 Å². The summed E-state index contributed by atoms with van der Waals surface area (Å²) in [5.74, 6) is -0.506. The zero-order valence-corrected chi connectivity index (χ0v) is 13.9. The van der Waals surface area contributed by atoms with Crippen LogP contribution in [-0.4, -0.2) is 26.5 Å². The monoisotopic (exact) mass is 334 g/mol. The normalized spacial score (nSPS) is 12.7. The molecule has 1 unspecified atom stereocenters. The highest BCUT2D eigenvalue weighted by Gasteiger charge is 2.21. The maximum Gasteiger partial charge on any atom is 0.337 e. The van der Waals surface area contributed by atoms with Gasteiger partial charge in [0.05, 0.1) is 17.6 Å². The number of esters is 1. The number of carbonyl (C=O) groups excluding carboxylic acids is 1. The third kappa shape index (κ3) is 3.94. The van der Waals surface area contributed by atoms with Crippen molar-refractivity contribution in [1.82, 2.24) is 9.71 Å². The highest BCUT2D eigenvalue weighted by Crippen LogP contribution is 2.20. The van der Waals surface area contributed by atoms with Crippen LogP contribution in [0, 0.1) is 6.92 Å². The third-order valence-corrected chi connectivity index (χ3v) is 5.10. The summed E-state index contributed by atoms with van der Waals surface area (Å²) in [5.41, 5.74) is 1.54. The first-order valence-corrected chi connectivity index (χ1v) is 8.44. The molecule has 0 saturated carbocycles. The Bertz CT molecular complexity index is 804. The average molecular weight is 334 g/mol. The summed E-state index contributed by atoms with van der Waals surface area (Å²) in [7, 11) is -2.44. The van der Waals surface area contributed by atoms with E-state index in [1.165, 1.54) is 25.3 Å². The second kappa shape index (κ2) is 6.89. The molecule has 0 saturated heterocycles. The smallest absolute Gasteiger partial charge is 0.337 e. The van der Waals surface area contributed by atoms with Crippen molar-refractivity contribution in [3.8, 4) is 0 Å². The van der Waals surface area contributed by atoms with E-state index in [4.69, 9.17) is 0 Å². The lowest BCUT2D eigenvalue weighted by molar-refractivity contribution is 0.0600. The fourth-order valence-electron chi connectivity index (χ4n) is 2.19. The van der Waals surface area contributed by atoms with Crippen LogP contribution in [0.1, 0.15) is 34.5 Å². The number of hydrogen-bond acceptors (Lipinski definition) is 5. The van der Waals surface area contributed by atoms with Crippen LogP contribution in [0.5, 0.6) is 0 Å². The number of pyridine rings is 1. The van der Waals surface area contributed by atoms with Gasteiger partial charge in [-0.2, -0.15) is 0 Å². The van der Waals surface area contributed by atoms with Crippen LogP contribution in [0.4, 0.5) is 0 Å². The van der Waals surface area contributed by atoms with Gasteiger partial charge in [-0.1, -0.05) is 6.07 Å². The molecular weight excluding hydrogens is 316 g/mol. The van der Waals surface area contributed by atoms with Crippen LogP contribution in [0.2, 0.25) is 0 Å². The van der Waals surface area contributed by atoms with Crippen LogP contribution in [0.3, 0.4) is 0 Å². The Hall–Kier alpha value is -2.25. The lowest BCUT2D eigenvalue weighted by atomic mass is 10.1. The van der Waals surface area contributed by atoms with Crippen LogP contribution < -0.4 is 4.72 Å². The van der Waals surface area contributed by atoms with Gasteiger partial charge in [-0.3, -0.25) is 4.98 Å². The minimum absolute atomic E-state index is 0.126. The Kier molecular flexibility index (Phi) is 5.12. The number of aryl methyl sites for hydroxylation is 1. The van der Waals surface area contributed by atoms with Gasteiger partial charge in [0.1, 0.15) is 0 Å². The van der Waals surface area contributed by atoms with Gasteiger partial charge in [-0.15, -0.1) is 0 Å². The molecule has 0 aliphatic heterocycles. The fourth-order valence-corrected chi connectivity index (χ4v) is 3.65. The van der Waals surface area contributed by atoms with Crippen LogP contribution in [0.15, 0.2) is 47.6 Å². The number of benzene rings is 1. The molecular formula is C16H18N2O4S. The Morgan fingerprint density at radius 3 is 2.61 bits per heavy atom. The molecule has 2 aromatic rings. The van der Waals surface area contributed by atoms with Crippen molar-refractivity contribution < 1.29 is 17.9 Å². The van der Waals surface area contributed by atoms with Crippen molar-refractivity contribution in [2.75, 3.05) is 7.11 Å². The van der Waals surface area contributed by atoms with Gasteiger partial charge in [0, 0.05) is 18.4 Å². The van der Waals surface area contributed by atoms with Crippen molar-refractivity contribution in [2.24, 2.45) is 0 Å². The van der Waals surface area contributed by atoms with Crippen molar-refractivity contribution >= 4 is 16.0 Å². The molecule has 1 aromatic heterocycles. The average Bonchev–Trinajstić information content (AvgIpc) is 2.54. The lowest BCUT2D eigenvalue weighted by Gasteiger charge is -2.16. The molecule has 1 aromatic carbocycles. The van der Waals surface area contributed by atoms with Gasteiger partial charge >= 0.3 is 5.97 Å². The number of nitrogens with zero attached hydrogens (tertiary/aromatic N) is 1. The fraction of sp³-hybridized carbons (Fsp3) is 0.250. The number of carbonyl (C=O) groups is 1. The molecule has 0 aliphatic carbocycles. The van der Waals surface area contributed by atoms with Crippen LogP contribution in [-0.2, 0) is 14.8 Å². The van der Waals surface area contributed by atoms with E-state index in [1.807, 2.05) is 0 Å². The Morgan fingerprint density at radius 2 is 2.04 bits per heavy atom. The van der Waals surface area contributed by atoms with Gasteiger partial charge in [0.25, 0.3) is 0 Å². The summed E-state index contributed by atoms with van der Waals surface area (Å²) in [6.07, 6.45) is 3.24. The Morgan fingerprint density at radius 1 is 1.30 bits per heavy atom. The molecule has 0 spiro atoms. The van der Waals surface area contributed by atoms with Crippen LogP contribution in [0.25, 0.3) is 0 Å². The highest BCUT2D eigenvalue weighted by molar-refractivity contribution is 7.89. The molecule has 2 rings (SSSR count). The number of nitrogens with one attached hydrogen (secondary N) is 1. The quantitative estimate of drug-likeness (QED) is 0.847. The van der Waals surface area contributed by atoms with Gasteiger partial charge in [0.2, 0.25) is 10.0 Å². The molecule has 6 nitrogen and oxygen atoms in total. The molecule has 0 bridgehead atoms. The zero-order chi connectivity index (χ0) is 17.0. The molecule has 122 valence electrons. The number of ether oxygens (including phenoxy) is 1. The van der Waals surface area contributed by atoms with E-state index in [0.29, 0.717) is 11.1 Å². The molecule has 0 fully saturated rings. The molecule has 1 atom stereocenters. The summed E-state index contributed by atoms with van der Waals surface area (Å²) in [6, 6.07) is 7.45. The van der Waals surface area contributed by atoms with E-state index in [2.05, 4.69) is 14.4 Å². The summed E-state index contributed by atoms with van der Waals surface area (Å²) in [4.78, 5) is 15.6. The first-order valence-electron chi connectivity index (χ1n) is 6.96. The molecule has 1 heterocycles. The number of rotatable bonds is 5. The summed E-state index contributed by atoms with van der Waals surface area (Å²) < 4.78 is 32.3. The molecule has 7 heteroatoms. The minimum atomic E-state index is -3.72. The van der Waals surface area contributed by atoms with E-state index in [9.17, 15) is 13.2 Å². The van der Waals surface area contributed by atoms with E-state index in [0.717, 1.165) is 5.56 Å². The number of sulfonamides is 1. The van der Waals surface area contributed by atoms with E-state index in [1.54, 1.807) is 38.4 Å². The van der Waals surface area contributed by atoms with Gasteiger partial charge in [0.15, 0.2) is 0 Å². The topological polar surface area (TPSA) is 85.4 Å². The maximum absolute atomic E-state index is 12.5. The van der Waals surface area contributed by atoms with E-state index >= 15 is 0 Å². The molecule has 23 heavy (non-hydrogen) atoms. The third-order valence-electron chi connectivity index (χ3n) is 3.40. The second-order valence-electron chi connectivity index (χ2n) is 5.10. The van der Waals surface area contributed by atoms with Gasteiger partial charge in [-0.25, -0.2) is 17.9 Å². The molecule has 0 amide bonds. The maximum atomic E-state index is 12.5. The summed E-state index contributed by atoms with van der Waals surface area (Å²) >= 11 is 0. The Balaban J connectivity index is 2.28. The van der Waals surface area contributed by atoms with Crippen molar-refractivity contribution in [1.29, 1.82) is 0 Å². The van der Waals surface area contributed by atoms with Crippen molar-refractivity contribution in [2.45, 2.75) is 24.8 Å². The molecule has 0 aliphatic rings. The minimum Gasteiger partial charge on any atom is -0.465 e. The lowest BCUT2D eigenvalue weighted by Crippen LogP contribution is -2.27. The van der Waals surface area contributed by atoms with Gasteiger partial charge in [-0.05, 0) is 49.2 Å². The van der Waals surface area contributed by atoms with Crippen LogP contribution >= 0.6 is 0 Å². The van der Waals surface area contributed by atoms with Crippen molar-refractivity contribution in [3.63, 3.8) is 0 Å². The second-order valence-corrected chi connectivity index (χ2v) is 6.78. The SMILES string of the molecule is COC(=O)c1ccc(S(=O)(=O)NC(C)c2cccnc2)c(C)c1. The summed E-state index contributed by atoms with van der Waals surface area (Å²) in [6.45, 7) is 3.38. The zero-order valence-electron chi connectivity index (χ0n) is 13.1. The van der Waals surface area contributed by atoms with E-state index in [-0.39, 0.29) is 4.90 Å². The number of aromatic nitrogens is 1. The molecule has 0 radical (unpaired) electrons. The largest absolute Gasteiger partial charge is 0.465 e. The predicted octanol–water partition coefficient (Wildman–Crippen LogP) is 2.22. The highest BCUT2D eigenvalue weighted by atomic mass is 32.2. The molecule has 1 N–H and O–H groups in total. The number of hydrogen-bond donors (Lipinski definition) is 1. The Labute approximate surface area is 135 Å².